The SMILES string of the molecule is O=[N+]([O-])C(CO)CO.[H-].[Na+]. The first-order valence-corrected chi connectivity index (χ1v) is 2.07. The maximum atomic E-state index is 9.65. The van der Waals surface area contributed by atoms with Gasteiger partial charge in [0, 0.05) is 4.92 Å². The van der Waals surface area contributed by atoms with Crippen molar-refractivity contribution in [2.45, 2.75) is 6.04 Å². The molecular weight excluding hydrogens is 137 g/mol. The topological polar surface area (TPSA) is 83.6 Å². The van der Waals surface area contributed by atoms with Gasteiger partial charge in [-0.25, -0.2) is 0 Å². The summed E-state index contributed by atoms with van der Waals surface area (Å²) in [6.07, 6.45) is 0. The van der Waals surface area contributed by atoms with E-state index in [0.29, 0.717) is 0 Å². The standard InChI is InChI=1S/C3H7NO4.Na.H/c5-1-3(2-6)4(7)8;;/h3,5-6H,1-2H2;;/q;+1;-1. The van der Waals surface area contributed by atoms with Crippen LogP contribution in [-0.4, -0.2) is 34.4 Å². The molecule has 0 fully saturated rings. The molecule has 0 spiro atoms. The van der Waals surface area contributed by atoms with Crippen molar-refractivity contribution in [1.82, 2.24) is 0 Å². The van der Waals surface area contributed by atoms with Crippen LogP contribution in [0.1, 0.15) is 1.43 Å². The monoisotopic (exact) mass is 145 g/mol. The van der Waals surface area contributed by atoms with E-state index in [1.807, 2.05) is 0 Å². The van der Waals surface area contributed by atoms with E-state index >= 15 is 0 Å². The van der Waals surface area contributed by atoms with Crippen molar-refractivity contribution in [1.29, 1.82) is 0 Å². The second kappa shape index (κ2) is 6.44. The van der Waals surface area contributed by atoms with Gasteiger partial charge in [0.05, 0.1) is 0 Å². The molecule has 0 aliphatic carbocycles. The van der Waals surface area contributed by atoms with Gasteiger partial charge in [-0.15, -0.1) is 0 Å². The van der Waals surface area contributed by atoms with Crippen LogP contribution in [0.15, 0.2) is 0 Å². The second-order valence-corrected chi connectivity index (χ2v) is 1.30. The third-order valence-corrected chi connectivity index (χ3v) is 0.720. The summed E-state index contributed by atoms with van der Waals surface area (Å²) >= 11 is 0. The van der Waals surface area contributed by atoms with Gasteiger partial charge in [-0.3, -0.25) is 10.1 Å². The Morgan fingerprint density at radius 3 is 1.89 bits per heavy atom. The van der Waals surface area contributed by atoms with E-state index in [1.165, 1.54) is 0 Å². The normalized spacial score (nSPS) is 8.78. The minimum absolute atomic E-state index is 0. The number of aliphatic hydroxyl groups excluding tert-OH is 2. The Morgan fingerprint density at radius 1 is 1.56 bits per heavy atom. The van der Waals surface area contributed by atoms with Crippen molar-refractivity contribution >= 4 is 0 Å². The predicted octanol–water partition coefficient (Wildman–Crippen LogP) is -4.27. The Bertz CT molecular complexity index is 88.6. The van der Waals surface area contributed by atoms with Gasteiger partial charge in [-0.1, -0.05) is 0 Å². The van der Waals surface area contributed by atoms with E-state index in [2.05, 4.69) is 0 Å². The summed E-state index contributed by atoms with van der Waals surface area (Å²) in [5.74, 6) is 0. The van der Waals surface area contributed by atoms with E-state index in [-0.39, 0.29) is 31.0 Å². The van der Waals surface area contributed by atoms with Crippen LogP contribution >= 0.6 is 0 Å². The fourth-order valence-corrected chi connectivity index (χ4v) is 0.191. The van der Waals surface area contributed by atoms with Crippen LogP contribution in [0.25, 0.3) is 0 Å². The Labute approximate surface area is 75.6 Å². The molecule has 0 aliphatic rings. The van der Waals surface area contributed by atoms with Crippen LogP contribution in [-0.2, 0) is 0 Å². The molecule has 0 saturated heterocycles. The molecule has 0 saturated carbocycles. The molecule has 0 bridgehead atoms. The molecule has 9 heavy (non-hydrogen) atoms. The molecule has 0 heterocycles. The summed E-state index contributed by atoms with van der Waals surface area (Å²) in [6, 6.07) is -1.21. The van der Waals surface area contributed by atoms with Crippen LogP contribution in [0.2, 0.25) is 0 Å². The third kappa shape index (κ3) is 4.80. The van der Waals surface area contributed by atoms with Gasteiger partial charge in [0.2, 0.25) is 0 Å². The van der Waals surface area contributed by atoms with Crippen molar-refractivity contribution in [2.24, 2.45) is 0 Å². The first kappa shape index (κ1) is 12.0. The van der Waals surface area contributed by atoms with Crippen molar-refractivity contribution in [3.63, 3.8) is 0 Å². The number of nitrogens with zero attached hydrogens (tertiary/aromatic N) is 1. The second-order valence-electron chi connectivity index (χ2n) is 1.30. The van der Waals surface area contributed by atoms with Crippen molar-refractivity contribution in [3.05, 3.63) is 10.1 Å². The molecule has 0 atom stereocenters. The van der Waals surface area contributed by atoms with Gasteiger partial charge in [-0.05, 0) is 0 Å². The fourth-order valence-electron chi connectivity index (χ4n) is 0.191. The minimum atomic E-state index is -1.21. The van der Waals surface area contributed by atoms with Gasteiger partial charge in [0.1, 0.15) is 13.2 Å². The molecule has 0 aromatic rings. The quantitative estimate of drug-likeness (QED) is 0.239. The van der Waals surface area contributed by atoms with E-state index < -0.39 is 24.2 Å². The zero-order valence-corrected chi connectivity index (χ0v) is 7.15. The summed E-state index contributed by atoms with van der Waals surface area (Å²) in [5.41, 5.74) is 0. The molecule has 0 aromatic heterocycles. The molecule has 0 radical (unpaired) electrons. The summed E-state index contributed by atoms with van der Waals surface area (Å²) in [5, 5.41) is 25.8. The first-order chi connectivity index (χ1) is 3.72. The Morgan fingerprint density at radius 2 is 1.89 bits per heavy atom. The molecule has 2 N–H and O–H groups in total. The Hall–Kier alpha value is 0.320. The summed E-state index contributed by atoms with van der Waals surface area (Å²) in [4.78, 5) is 8.92. The van der Waals surface area contributed by atoms with Crippen LogP contribution in [0.4, 0.5) is 0 Å². The molecule has 5 nitrogen and oxygen atoms in total. The molecule has 0 unspecified atom stereocenters. The average molecular weight is 145 g/mol. The molecular formula is C3H8NNaO4. The van der Waals surface area contributed by atoms with Crippen molar-refractivity contribution in [2.75, 3.05) is 13.2 Å². The zero-order chi connectivity index (χ0) is 6.57. The van der Waals surface area contributed by atoms with E-state index in [9.17, 15) is 10.1 Å². The molecule has 6 heteroatoms. The summed E-state index contributed by atoms with van der Waals surface area (Å²) in [7, 11) is 0. The molecule has 0 amide bonds. The number of hydrogen-bond donors (Lipinski definition) is 2. The van der Waals surface area contributed by atoms with Crippen molar-refractivity contribution < 1.29 is 46.1 Å². The van der Waals surface area contributed by atoms with Crippen LogP contribution in [0.3, 0.4) is 0 Å². The first-order valence-electron chi connectivity index (χ1n) is 2.07. The molecule has 0 aromatic carbocycles. The van der Waals surface area contributed by atoms with Gasteiger partial charge < -0.3 is 11.6 Å². The van der Waals surface area contributed by atoms with Gasteiger partial charge >= 0.3 is 29.6 Å². The van der Waals surface area contributed by atoms with E-state index in [0.717, 1.165) is 0 Å². The Balaban J connectivity index is -0.000000245. The molecule has 0 aliphatic heterocycles. The third-order valence-electron chi connectivity index (χ3n) is 0.720. The van der Waals surface area contributed by atoms with Crippen molar-refractivity contribution in [3.8, 4) is 0 Å². The number of rotatable bonds is 3. The zero-order valence-electron chi connectivity index (χ0n) is 6.15. The smallest absolute Gasteiger partial charge is 1.00 e. The van der Waals surface area contributed by atoms with Gasteiger partial charge in [-0.2, -0.15) is 0 Å². The molecule has 50 valence electrons. The number of nitro groups is 1. The summed E-state index contributed by atoms with van der Waals surface area (Å²) in [6.45, 7) is -1.22. The predicted molar refractivity (Wildman–Crippen MR) is 26.1 cm³/mol. The van der Waals surface area contributed by atoms with E-state index in [4.69, 9.17) is 10.2 Å². The fraction of sp³-hybridized carbons (Fsp3) is 1.00. The molecule has 0 rings (SSSR count). The van der Waals surface area contributed by atoms with Gasteiger partial charge in [0.15, 0.2) is 0 Å². The van der Waals surface area contributed by atoms with E-state index in [1.54, 1.807) is 0 Å². The van der Waals surface area contributed by atoms with Gasteiger partial charge in [0.25, 0.3) is 6.04 Å². The number of hydrogen-bond acceptors (Lipinski definition) is 4. The van der Waals surface area contributed by atoms with Crippen LogP contribution in [0.5, 0.6) is 0 Å². The maximum absolute atomic E-state index is 9.65. The largest absolute Gasteiger partial charge is 1.00 e. The summed E-state index contributed by atoms with van der Waals surface area (Å²) < 4.78 is 0. The van der Waals surface area contributed by atoms with Crippen LogP contribution in [0, 0.1) is 10.1 Å². The van der Waals surface area contributed by atoms with Crippen LogP contribution < -0.4 is 29.6 Å². The maximum Gasteiger partial charge on any atom is 1.00 e. The minimum Gasteiger partial charge on any atom is -1.00 e. The average Bonchev–Trinajstić information content (AvgIpc) is 1.69. The number of aliphatic hydroxyl groups is 2. The Kier molecular flexibility index (Phi) is 8.62.